The van der Waals surface area contributed by atoms with Gasteiger partial charge in [-0.1, -0.05) is 0 Å². The average molecular weight is 237 g/mol. The van der Waals surface area contributed by atoms with Crippen LogP contribution in [0.3, 0.4) is 0 Å². The van der Waals surface area contributed by atoms with Crippen LogP contribution in [-0.4, -0.2) is 54.0 Å². The molecule has 0 atom stereocenters. The van der Waals surface area contributed by atoms with Crippen molar-refractivity contribution >= 4 is 17.5 Å². The zero-order valence-corrected chi connectivity index (χ0v) is 10.4. The first-order valence-corrected chi connectivity index (χ1v) is 5.26. The molecule has 7 nitrogen and oxygen atoms in total. The minimum absolute atomic E-state index is 0.692. The Morgan fingerprint density at radius 3 is 2.76 bits per heavy atom. The van der Waals surface area contributed by atoms with Gasteiger partial charge in [0, 0.05) is 6.20 Å². The van der Waals surface area contributed by atoms with Gasteiger partial charge in [-0.2, -0.15) is 0 Å². The second-order valence-electron chi connectivity index (χ2n) is 4.08. The highest BCUT2D eigenvalue weighted by Crippen LogP contribution is 2.24. The molecular formula is C10H17N6O+. The second kappa shape index (κ2) is 4.46. The van der Waals surface area contributed by atoms with Crippen LogP contribution in [0.1, 0.15) is 0 Å². The van der Waals surface area contributed by atoms with Gasteiger partial charge >= 0.3 is 6.02 Å². The number of hydrogen-bond acceptors (Lipinski definition) is 5. The highest BCUT2D eigenvalue weighted by molar-refractivity contribution is 5.70. The first-order valence-electron chi connectivity index (χ1n) is 5.26. The van der Waals surface area contributed by atoms with E-state index in [0.717, 1.165) is 11.5 Å². The van der Waals surface area contributed by atoms with Gasteiger partial charge in [0.1, 0.15) is 0 Å². The number of nitrogens with zero attached hydrogens (tertiary/aromatic N) is 4. The van der Waals surface area contributed by atoms with Crippen molar-refractivity contribution in [1.82, 2.24) is 15.2 Å². The Bertz CT molecular complexity index is 415. The highest BCUT2D eigenvalue weighted by atomic mass is 16.8. The topological polar surface area (TPSA) is 55.7 Å². The third-order valence-electron chi connectivity index (χ3n) is 2.18. The second-order valence-corrected chi connectivity index (χ2v) is 4.08. The monoisotopic (exact) mass is 237 g/mol. The SMILES string of the molecule is CN(C)C(ON1Nc2cccnc2N1)=[N+](C)C. The largest absolute Gasteiger partial charge is 0.467 e. The summed E-state index contributed by atoms with van der Waals surface area (Å²) < 4.78 is 1.87. The van der Waals surface area contributed by atoms with Gasteiger partial charge in [-0.25, -0.2) is 19.9 Å². The van der Waals surface area contributed by atoms with Gasteiger partial charge in [-0.05, 0) is 12.1 Å². The van der Waals surface area contributed by atoms with E-state index in [1.165, 1.54) is 5.28 Å². The van der Waals surface area contributed by atoms with Crippen molar-refractivity contribution in [3.8, 4) is 0 Å². The van der Waals surface area contributed by atoms with Crippen molar-refractivity contribution in [2.24, 2.45) is 0 Å². The number of nitrogens with one attached hydrogen (secondary N) is 2. The van der Waals surface area contributed by atoms with Crippen molar-refractivity contribution in [1.29, 1.82) is 0 Å². The summed E-state index contributed by atoms with van der Waals surface area (Å²) in [7, 11) is 7.65. The van der Waals surface area contributed by atoms with E-state index in [-0.39, 0.29) is 0 Å². The molecule has 0 radical (unpaired) electrons. The maximum absolute atomic E-state index is 5.66. The van der Waals surface area contributed by atoms with E-state index in [2.05, 4.69) is 15.8 Å². The molecule has 0 unspecified atom stereocenters. The summed E-state index contributed by atoms with van der Waals surface area (Å²) in [5.74, 6) is 0.740. The Morgan fingerprint density at radius 2 is 2.18 bits per heavy atom. The Morgan fingerprint density at radius 1 is 1.41 bits per heavy atom. The molecule has 0 saturated carbocycles. The Kier molecular flexibility index (Phi) is 3.01. The number of hydrogen-bond donors (Lipinski definition) is 2. The van der Waals surface area contributed by atoms with Crippen LogP contribution < -0.4 is 10.9 Å². The van der Waals surface area contributed by atoms with Gasteiger partial charge in [0.2, 0.25) is 0 Å². The Labute approximate surface area is 100 Å². The van der Waals surface area contributed by atoms with Crippen molar-refractivity contribution in [3.05, 3.63) is 18.3 Å². The number of anilines is 2. The molecule has 0 spiro atoms. The van der Waals surface area contributed by atoms with Gasteiger partial charge in [0.05, 0.1) is 39.2 Å². The van der Waals surface area contributed by atoms with Crippen LogP contribution in [0.2, 0.25) is 0 Å². The molecule has 1 aromatic heterocycles. The summed E-state index contributed by atoms with van der Waals surface area (Å²) >= 11 is 0. The van der Waals surface area contributed by atoms with E-state index in [9.17, 15) is 0 Å². The van der Waals surface area contributed by atoms with Crippen LogP contribution >= 0.6 is 0 Å². The summed E-state index contributed by atoms with van der Waals surface area (Å²) in [6.07, 6.45) is 1.72. The molecular weight excluding hydrogens is 220 g/mol. The van der Waals surface area contributed by atoms with Crippen molar-refractivity contribution in [3.63, 3.8) is 0 Å². The normalized spacial score (nSPS) is 13.4. The van der Waals surface area contributed by atoms with E-state index in [0.29, 0.717) is 6.02 Å². The fourth-order valence-corrected chi connectivity index (χ4v) is 1.51. The molecule has 2 N–H and O–H groups in total. The first-order chi connectivity index (χ1) is 8.08. The lowest BCUT2D eigenvalue weighted by molar-refractivity contribution is -0.485. The van der Waals surface area contributed by atoms with Gasteiger partial charge in [0.25, 0.3) is 0 Å². The van der Waals surface area contributed by atoms with Crippen LogP contribution in [-0.2, 0) is 4.84 Å². The Hall–Kier alpha value is -2.02. The maximum Gasteiger partial charge on any atom is 0.467 e. The van der Waals surface area contributed by atoms with Gasteiger partial charge in [-0.15, -0.1) is 0 Å². The molecule has 2 rings (SSSR count). The van der Waals surface area contributed by atoms with Crippen molar-refractivity contribution in [2.75, 3.05) is 39.0 Å². The molecule has 2 heterocycles. The number of amidine groups is 1. The zero-order chi connectivity index (χ0) is 12.4. The quantitative estimate of drug-likeness (QED) is 0.412. The molecule has 0 saturated heterocycles. The molecule has 1 aromatic rings. The summed E-state index contributed by atoms with van der Waals surface area (Å²) in [5.41, 5.74) is 6.91. The standard InChI is InChI=1S/C10H17N6O/c1-14(2)10(15(3)4)17-16-12-8-6-5-7-11-9(8)13-16/h5-7,12H,1-4H3,(H,11,13)/q+1. The molecule has 1 aliphatic heterocycles. The van der Waals surface area contributed by atoms with Gasteiger partial charge in [0.15, 0.2) is 5.82 Å². The lowest BCUT2D eigenvalue weighted by Gasteiger charge is -2.17. The molecule has 0 fully saturated rings. The van der Waals surface area contributed by atoms with Crippen LogP contribution in [0.4, 0.5) is 11.5 Å². The van der Waals surface area contributed by atoms with Gasteiger partial charge in [-0.3, -0.25) is 10.3 Å². The summed E-state index contributed by atoms with van der Waals surface area (Å²) in [4.78, 5) is 11.7. The number of rotatable bonds is 1. The number of pyridine rings is 1. The molecule has 7 heteroatoms. The third kappa shape index (κ3) is 2.39. The minimum Gasteiger partial charge on any atom is -0.292 e. The summed E-state index contributed by atoms with van der Waals surface area (Å²) in [5, 5.41) is 1.42. The molecule has 0 aromatic carbocycles. The first kappa shape index (κ1) is 11.5. The van der Waals surface area contributed by atoms with Crippen LogP contribution in [0.5, 0.6) is 0 Å². The Balaban J connectivity index is 2.07. The predicted octanol–water partition coefficient (Wildman–Crippen LogP) is 0.172. The molecule has 17 heavy (non-hydrogen) atoms. The summed E-state index contributed by atoms with van der Waals surface area (Å²) in [6, 6.07) is 4.47. The molecule has 0 bridgehead atoms. The number of fused-ring (bicyclic) bond motifs is 1. The van der Waals surface area contributed by atoms with Crippen molar-refractivity contribution < 1.29 is 9.41 Å². The van der Waals surface area contributed by atoms with E-state index in [4.69, 9.17) is 4.84 Å². The number of aromatic nitrogens is 1. The smallest absolute Gasteiger partial charge is 0.292 e. The zero-order valence-electron chi connectivity index (χ0n) is 10.4. The lowest BCUT2D eigenvalue weighted by Crippen LogP contribution is -2.41. The molecule has 1 aliphatic rings. The van der Waals surface area contributed by atoms with Crippen molar-refractivity contribution in [2.45, 2.75) is 0 Å². The maximum atomic E-state index is 5.66. The van der Waals surface area contributed by atoms with Crippen LogP contribution in [0, 0.1) is 0 Å². The van der Waals surface area contributed by atoms with Crippen LogP contribution in [0.15, 0.2) is 18.3 Å². The highest BCUT2D eigenvalue weighted by Gasteiger charge is 2.25. The van der Waals surface area contributed by atoms with E-state index < -0.39 is 0 Å². The third-order valence-corrected chi connectivity index (χ3v) is 2.18. The molecule has 0 aliphatic carbocycles. The average Bonchev–Trinajstić information content (AvgIpc) is 2.67. The van der Waals surface area contributed by atoms with Crippen LogP contribution in [0.25, 0.3) is 0 Å². The fraction of sp³-hybridized carbons (Fsp3) is 0.400. The van der Waals surface area contributed by atoms with E-state index in [1.807, 2.05) is 49.8 Å². The number of hydrazine groups is 2. The molecule has 0 amide bonds. The predicted molar refractivity (Wildman–Crippen MR) is 65.2 cm³/mol. The fourth-order valence-electron chi connectivity index (χ4n) is 1.51. The lowest BCUT2D eigenvalue weighted by atomic mass is 10.4. The van der Waals surface area contributed by atoms with E-state index in [1.54, 1.807) is 6.20 Å². The minimum atomic E-state index is 0.692. The molecule has 92 valence electrons. The van der Waals surface area contributed by atoms with Gasteiger partial charge < -0.3 is 0 Å². The van der Waals surface area contributed by atoms with E-state index >= 15 is 0 Å². The summed E-state index contributed by atoms with van der Waals surface area (Å²) in [6.45, 7) is 0.